The predicted octanol–water partition coefficient (Wildman–Crippen LogP) is 2.02. The van der Waals surface area contributed by atoms with E-state index in [0.717, 1.165) is 44.1 Å². The summed E-state index contributed by atoms with van der Waals surface area (Å²) in [4.78, 5) is 34.7. The van der Waals surface area contributed by atoms with E-state index < -0.39 is 0 Å². The Bertz CT molecular complexity index is 1110. The van der Waals surface area contributed by atoms with E-state index in [-0.39, 0.29) is 17.5 Å². The predicted molar refractivity (Wildman–Crippen MR) is 125 cm³/mol. The molecule has 0 bridgehead atoms. The van der Waals surface area contributed by atoms with Gasteiger partial charge >= 0.3 is 0 Å². The molecule has 1 amide bonds. The van der Waals surface area contributed by atoms with Crippen LogP contribution in [0.2, 0.25) is 0 Å². The molecule has 1 saturated heterocycles. The molecule has 8 heteroatoms. The van der Waals surface area contributed by atoms with E-state index >= 15 is 0 Å². The van der Waals surface area contributed by atoms with Crippen LogP contribution in [0.1, 0.15) is 18.2 Å². The standard InChI is InChI=1S/C24H30N6O2/c1-18-22(24(32)30(27(18)3)21-7-5-4-6-8-21)26-23(31)19(2)29-15-13-28(14-16-29)17-20-9-11-25-12-10-20/h4-12,19H,13-17H2,1-3H3,(H,26,31). The molecule has 2 aromatic heterocycles. The number of rotatable bonds is 6. The smallest absolute Gasteiger partial charge is 0.295 e. The summed E-state index contributed by atoms with van der Waals surface area (Å²) in [6, 6.07) is 13.2. The van der Waals surface area contributed by atoms with Gasteiger partial charge < -0.3 is 5.32 Å². The van der Waals surface area contributed by atoms with E-state index in [1.165, 1.54) is 5.56 Å². The molecule has 1 aromatic carbocycles. The molecule has 3 aromatic rings. The number of aromatic nitrogens is 3. The van der Waals surface area contributed by atoms with Gasteiger partial charge in [0.05, 0.1) is 17.4 Å². The average Bonchev–Trinajstić information content (AvgIpc) is 3.03. The number of piperazine rings is 1. The molecule has 0 spiro atoms. The Morgan fingerprint density at radius 1 is 1.06 bits per heavy atom. The van der Waals surface area contributed by atoms with Crippen molar-refractivity contribution in [1.82, 2.24) is 24.1 Å². The number of carbonyl (C=O) groups is 1. The molecule has 1 N–H and O–H groups in total. The third-order valence-corrected chi connectivity index (χ3v) is 6.29. The summed E-state index contributed by atoms with van der Waals surface area (Å²) in [6.07, 6.45) is 3.63. The van der Waals surface area contributed by atoms with Gasteiger partial charge in [-0.2, -0.15) is 0 Å². The fraction of sp³-hybridized carbons (Fsp3) is 0.375. The maximum atomic E-state index is 13.1. The molecule has 0 radical (unpaired) electrons. The lowest BCUT2D eigenvalue weighted by molar-refractivity contribution is -0.121. The molecule has 1 aliphatic heterocycles. The monoisotopic (exact) mass is 434 g/mol. The van der Waals surface area contributed by atoms with Gasteiger partial charge in [0, 0.05) is 52.2 Å². The van der Waals surface area contributed by atoms with Crippen molar-refractivity contribution in [3.63, 3.8) is 0 Å². The van der Waals surface area contributed by atoms with E-state index in [0.29, 0.717) is 5.69 Å². The summed E-state index contributed by atoms with van der Waals surface area (Å²) in [7, 11) is 1.82. The average molecular weight is 435 g/mol. The minimum Gasteiger partial charge on any atom is -0.319 e. The van der Waals surface area contributed by atoms with Gasteiger partial charge in [-0.3, -0.25) is 29.1 Å². The molecule has 1 aliphatic rings. The van der Waals surface area contributed by atoms with Crippen LogP contribution in [0, 0.1) is 6.92 Å². The quantitative estimate of drug-likeness (QED) is 0.643. The van der Waals surface area contributed by atoms with E-state index in [1.54, 1.807) is 9.36 Å². The third-order valence-electron chi connectivity index (χ3n) is 6.29. The van der Waals surface area contributed by atoms with Crippen molar-refractivity contribution in [1.29, 1.82) is 0 Å². The number of amides is 1. The highest BCUT2D eigenvalue weighted by molar-refractivity contribution is 5.95. The van der Waals surface area contributed by atoms with Crippen LogP contribution in [0.4, 0.5) is 5.69 Å². The Hall–Kier alpha value is -3.23. The summed E-state index contributed by atoms with van der Waals surface area (Å²) >= 11 is 0. The molecule has 1 atom stereocenters. The maximum absolute atomic E-state index is 13.1. The van der Waals surface area contributed by atoms with Gasteiger partial charge in [-0.15, -0.1) is 0 Å². The first kappa shape index (κ1) is 22.0. The van der Waals surface area contributed by atoms with Gasteiger partial charge in [-0.05, 0) is 43.7 Å². The highest BCUT2D eigenvalue weighted by Gasteiger charge is 2.27. The van der Waals surface area contributed by atoms with Crippen LogP contribution in [0.3, 0.4) is 0 Å². The minimum atomic E-state index is -0.317. The highest BCUT2D eigenvalue weighted by atomic mass is 16.2. The molecule has 168 valence electrons. The SMILES string of the molecule is Cc1c(NC(=O)C(C)N2CCN(Cc3ccncc3)CC2)c(=O)n(-c2ccccc2)n1C. The number of hydrogen-bond donors (Lipinski definition) is 1. The lowest BCUT2D eigenvalue weighted by Gasteiger charge is -2.37. The lowest BCUT2D eigenvalue weighted by atomic mass is 10.2. The van der Waals surface area contributed by atoms with Crippen molar-refractivity contribution < 1.29 is 4.79 Å². The van der Waals surface area contributed by atoms with Crippen molar-refractivity contribution >= 4 is 11.6 Å². The second-order valence-corrected chi connectivity index (χ2v) is 8.27. The zero-order valence-electron chi connectivity index (χ0n) is 18.9. The van der Waals surface area contributed by atoms with Crippen LogP contribution >= 0.6 is 0 Å². The Balaban J connectivity index is 1.40. The molecule has 8 nitrogen and oxygen atoms in total. The summed E-state index contributed by atoms with van der Waals surface area (Å²) in [5, 5.41) is 2.90. The normalized spacial score (nSPS) is 16.1. The van der Waals surface area contributed by atoms with Gasteiger partial charge in [0.2, 0.25) is 5.91 Å². The van der Waals surface area contributed by atoms with Crippen molar-refractivity contribution in [2.45, 2.75) is 26.4 Å². The Morgan fingerprint density at radius 3 is 2.38 bits per heavy atom. The van der Waals surface area contributed by atoms with Crippen molar-refractivity contribution in [2.75, 3.05) is 31.5 Å². The van der Waals surface area contributed by atoms with Crippen LogP contribution in [-0.4, -0.2) is 62.3 Å². The number of nitrogens with zero attached hydrogens (tertiary/aromatic N) is 5. The van der Waals surface area contributed by atoms with Crippen molar-refractivity contribution in [2.24, 2.45) is 7.05 Å². The van der Waals surface area contributed by atoms with E-state index in [2.05, 4.69) is 20.1 Å². The summed E-state index contributed by atoms with van der Waals surface area (Å²) in [6.45, 7) is 8.04. The van der Waals surface area contributed by atoms with E-state index in [4.69, 9.17) is 0 Å². The number of nitrogens with one attached hydrogen (secondary N) is 1. The highest BCUT2D eigenvalue weighted by Crippen LogP contribution is 2.16. The molecule has 0 saturated carbocycles. The van der Waals surface area contributed by atoms with Gasteiger partial charge in [0.25, 0.3) is 5.56 Å². The van der Waals surface area contributed by atoms with E-state index in [1.807, 2.05) is 75.8 Å². The first-order valence-corrected chi connectivity index (χ1v) is 11.0. The summed E-state index contributed by atoms with van der Waals surface area (Å²) in [5.74, 6) is -0.154. The van der Waals surface area contributed by atoms with E-state index in [9.17, 15) is 9.59 Å². The lowest BCUT2D eigenvalue weighted by Crippen LogP contribution is -2.52. The van der Waals surface area contributed by atoms with Crippen molar-refractivity contribution in [3.8, 4) is 5.69 Å². The van der Waals surface area contributed by atoms with Crippen LogP contribution in [0.25, 0.3) is 5.69 Å². The Kier molecular flexibility index (Phi) is 6.53. The topological polar surface area (TPSA) is 75.4 Å². The fourth-order valence-electron chi connectivity index (χ4n) is 4.16. The first-order chi connectivity index (χ1) is 15.5. The Labute approximate surface area is 188 Å². The molecule has 32 heavy (non-hydrogen) atoms. The number of anilines is 1. The minimum absolute atomic E-state index is 0.154. The first-order valence-electron chi connectivity index (χ1n) is 11.0. The number of benzene rings is 1. The molecule has 1 fully saturated rings. The third kappa shape index (κ3) is 4.51. The molecule has 3 heterocycles. The molecule has 4 rings (SSSR count). The fourth-order valence-corrected chi connectivity index (χ4v) is 4.16. The van der Waals surface area contributed by atoms with Crippen LogP contribution in [-0.2, 0) is 18.4 Å². The molecular formula is C24H30N6O2. The largest absolute Gasteiger partial charge is 0.319 e. The molecule has 0 aliphatic carbocycles. The van der Waals surface area contributed by atoms with Gasteiger partial charge in [0.15, 0.2) is 0 Å². The number of pyridine rings is 1. The van der Waals surface area contributed by atoms with Crippen LogP contribution < -0.4 is 10.9 Å². The zero-order chi connectivity index (χ0) is 22.7. The number of hydrogen-bond acceptors (Lipinski definition) is 5. The summed E-state index contributed by atoms with van der Waals surface area (Å²) < 4.78 is 3.35. The number of carbonyl (C=O) groups excluding carboxylic acids is 1. The van der Waals surface area contributed by atoms with Gasteiger partial charge in [-0.25, -0.2) is 4.68 Å². The van der Waals surface area contributed by atoms with Crippen molar-refractivity contribution in [3.05, 3.63) is 76.5 Å². The second-order valence-electron chi connectivity index (χ2n) is 8.27. The van der Waals surface area contributed by atoms with Crippen LogP contribution in [0.5, 0.6) is 0 Å². The number of para-hydroxylation sites is 1. The van der Waals surface area contributed by atoms with Crippen LogP contribution in [0.15, 0.2) is 59.7 Å². The van der Waals surface area contributed by atoms with Gasteiger partial charge in [0.1, 0.15) is 5.69 Å². The molecular weight excluding hydrogens is 404 g/mol. The summed E-state index contributed by atoms with van der Waals surface area (Å²) in [5.41, 5.74) is 2.85. The van der Waals surface area contributed by atoms with Gasteiger partial charge in [-0.1, -0.05) is 18.2 Å². The molecule has 1 unspecified atom stereocenters. The maximum Gasteiger partial charge on any atom is 0.295 e. The Morgan fingerprint density at radius 2 is 1.72 bits per heavy atom. The zero-order valence-corrected chi connectivity index (χ0v) is 18.9. The second kappa shape index (κ2) is 9.50.